The lowest BCUT2D eigenvalue weighted by Gasteiger charge is -2.41. The molecule has 0 saturated heterocycles. The van der Waals surface area contributed by atoms with Crippen molar-refractivity contribution < 1.29 is 4.74 Å². The Kier molecular flexibility index (Phi) is 12.3. The summed E-state index contributed by atoms with van der Waals surface area (Å²) in [5, 5.41) is 0. The van der Waals surface area contributed by atoms with Crippen molar-refractivity contribution in [2.24, 2.45) is 4.99 Å². The van der Waals surface area contributed by atoms with Gasteiger partial charge >= 0.3 is 0 Å². The van der Waals surface area contributed by atoms with E-state index in [0.29, 0.717) is 11.8 Å². The van der Waals surface area contributed by atoms with Crippen LogP contribution in [-0.2, 0) is 10.8 Å². The Morgan fingerprint density at radius 1 is 0.627 bits per heavy atom. The summed E-state index contributed by atoms with van der Waals surface area (Å²) in [6.07, 6.45) is 1.91. The lowest BCUT2D eigenvalue weighted by molar-refractivity contribution is 0.481. The Bertz CT molecular complexity index is 2870. The summed E-state index contributed by atoms with van der Waals surface area (Å²) in [5.74, 6) is 4.47. The van der Waals surface area contributed by atoms with E-state index in [1.54, 1.807) is 0 Å². The van der Waals surface area contributed by atoms with Crippen LogP contribution in [-0.4, -0.2) is 23.4 Å². The van der Waals surface area contributed by atoms with Gasteiger partial charge in [-0.15, -0.1) is 0 Å². The summed E-state index contributed by atoms with van der Waals surface area (Å²) in [7, 11) is 0. The van der Waals surface area contributed by atoms with E-state index in [1.165, 1.54) is 50.2 Å². The number of para-hydroxylation sites is 1. The molecule has 0 unspecified atom stereocenters. The molecular formula is C62H68N4O. The van der Waals surface area contributed by atoms with E-state index in [2.05, 4.69) is 238 Å². The molecule has 3 heterocycles. The first-order chi connectivity index (χ1) is 32.0. The lowest BCUT2D eigenvalue weighted by atomic mass is 9.72. The first-order valence-corrected chi connectivity index (χ1v) is 24.4. The summed E-state index contributed by atoms with van der Waals surface area (Å²) in [6.45, 7) is 28.2. The SMILES string of the molecule is Cc1cc(Oc2cc(C3=N[C@H](C(c4ccccc4)c4ccccc4)CN3c3c(C(C)C)cccc3C(C)C)cc(C(C)C)c2)cc(N2c3ccc(C(C)(C)C)cc3C(C)(C)c3cccnc32)c1. The van der Waals surface area contributed by atoms with E-state index in [-0.39, 0.29) is 28.7 Å². The van der Waals surface area contributed by atoms with Crippen molar-refractivity contribution >= 4 is 28.7 Å². The zero-order valence-electron chi connectivity index (χ0n) is 41.7. The van der Waals surface area contributed by atoms with Crippen LogP contribution in [0.5, 0.6) is 11.5 Å². The number of aryl methyl sites for hydroxylation is 1. The smallest absolute Gasteiger partial charge is 0.141 e. The van der Waals surface area contributed by atoms with Crippen LogP contribution in [0.25, 0.3) is 0 Å². The molecule has 0 saturated carbocycles. The van der Waals surface area contributed by atoms with Crippen molar-refractivity contribution in [3.05, 3.63) is 207 Å². The molecule has 0 fully saturated rings. The Hall–Kier alpha value is -6.46. The highest BCUT2D eigenvalue weighted by molar-refractivity contribution is 6.12. The van der Waals surface area contributed by atoms with Gasteiger partial charge in [-0.2, -0.15) is 0 Å². The minimum absolute atomic E-state index is 0.0148. The van der Waals surface area contributed by atoms with Gasteiger partial charge in [-0.1, -0.05) is 173 Å². The minimum Gasteiger partial charge on any atom is -0.457 e. The number of hydrogen-bond donors (Lipinski definition) is 0. The number of pyridine rings is 1. The molecule has 2 aliphatic heterocycles. The lowest BCUT2D eigenvalue weighted by Crippen LogP contribution is -2.33. The molecule has 6 aromatic carbocycles. The van der Waals surface area contributed by atoms with E-state index in [4.69, 9.17) is 14.7 Å². The van der Waals surface area contributed by atoms with Gasteiger partial charge in [0.1, 0.15) is 23.2 Å². The van der Waals surface area contributed by atoms with E-state index < -0.39 is 0 Å². The average molecular weight is 885 g/mol. The molecule has 0 aliphatic carbocycles. The standard InChI is InChI=1S/C62H68N4O/c1-39(2)45-33-46(59-64-55(57(43-21-15-13-16-22-43)44-23-17-14-18-24-44)38-65(59)58-51(40(3)4)25-19-26-52(58)41(5)6)35-50(34-45)67-49-32-42(7)31-48(37-49)66-56-29-28-47(61(8,9)10)36-54(56)62(11,12)53-27-20-30-63-60(53)66/h13-37,39-41,55,57H,38H2,1-12H3/t55-/m0/s1. The second-order valence-electron chi connectivity index (χ2n) is 21.4. The molecule has 5 nitrogen and oxygen atoms in total. The molecule has 5 heteroatoms. The van der Waals surface area contributed by atoms with Crippen LogP contribution in [0.2, 0.25) is 0 Å². The Morgan fingerprint density at radius 3 is 1.88 bits per heavy atom. The molecule has 0 bridgehead atoms. The van der Waals surface area contributed by atoms with Crippen molar-refractivity contribution in [3.63, 3.8) is 0 Å². The van der Waals surface area contributed by atoms with E-state index in [0.717, 1.165) is 52.2 Å². The van der Waals surface area contributed by atoms with Gasteiger partial charge in [0.2, 0.25) is 0 Å². The average Bonchev–Trinajstić information content (AvgIpc) is 3.73. The normalized spacial score (nSPS) is 15.6. The fraction of sp³-hybridized carbons (Fsp3) is 0.323. The highest BCUT2D eigenvalue weighted by Crippen LogP contribution is 2.52. The quantitative estimate of drug-likeness (QED) is 0.130. The van der Waals surface area contributed by atoms with Crippen molar-refractivity contribution in [1.82, 2.24) is 4.98 Å². The number of hydrogen-bond acceptors (Lipinski definition) is 5. The van der Waals surface area contributed by atoms with Crippen molar-refractivity contribution in [2.45, 2.75) is 124 Å². The van der Waals surface area contributed by atoms with Crippen LogP contribution >= 0.6 is 0 Å². The van der Waals surface area contributed by atoms with Crippen LogP contribution in [0.15, 0.2) is 157 Å². The zero-order valence-corrected chi connectivity index (χ0v) is 41.7. The maximum Gasteiger partial charge on any atom is 0.141 e. The molecule has 67 heavy (non-hydrogen) atoms. The molecule has 0 amide bonds. The third-order valence-electron chi connectivity index (χ3n) is 14.1. The monoisotopic (exact) mass is 885 g/mol. The molecule has 1 atom stereocenters. The first-order valence-electron chi connectivity index (χ1n) is 24.4. The van der Waals surface area contributed by atoms with Crippen molar-refractivity contribution in [3.8, 4) is 11.5 Å². The van der Waals surface area contributed by atoms with Crippen LogP contribution in [0.1, 0.15) is 155 Å². The van der Waals surface area contributed by atoms with Gasteiger partial charge in [-0.3, -0.25) is 9.89 Å². The fourth-order valence-electron chi connectivity index (χ4n) is 10.4. The summed E-state index contributed by atoms with van der Waals surface area (Å²) in [6, 6.07) is 53.4. The van der Waals surface area contributed by atoms with Gasteiger partial charge < -0.3 is 9.64 Å². The fourth-order valence-corrected chi connectivity index (χ4v) is 10.4. The highest BCUT2D eigenvalue weighted by atomic mass is 16.5. The molecule has 2 aliphatic rings. The first kappa shape index (κ1) is 45.7. The number of benzene rings is 6. The van der Waals surface area contributed by atoms with Crippen molar-refractivity contribution in [1.29, 1.82) is 0 Å². The summed E-state index contributed by atoms with van der Waals surface area (Å²) in [5.41, 5.74) is 15.6. The number of rotatable bonds is 11. The second kappa shape index (κ2) is 18.0. The number of aliphatic imine (C=N–C) groups is 1. The summed E-state index contributed by atoms with van der Waals surface area (Å²) in [4.78, 5) is 15.8. The summed E-state index contributed by atoms with van der Waals surface area (Å²) >= 11 is 0. The van der Waals surface area contributed by atoms with Crippen molar-refractivity contribution in [2.75, 3.05) is 16.3 Å². The highest BCUT2D eigenvalue weighted by Gasteiger charge is 2.40. The maximum absolute atomic E-state index is 7.12. The van der Waals surface area contributed by atoms with Gasteiger partial charge in [0.15, 0.2) is 0 Å². The number of amidine groups is 1. The van der Waals surface area contributed by atoms with Gasteiger partial charge in [0, 0.05) is 47.0 Å². The molecule has 342 valence electrons. The Morgan fingerprint density at radius 2 is 1.27 bits per heavy atom. The largest absolute Gasteiger partial charge is 0.457 e. The van der Waals surface area contributed by atoms with Crippen LogP contribution in [0, 0.1) is 6.92 Å². The van der Waals surface area contributed by atoms with Gasteiger partial charge in [0.25, 0.3) is 0 Å². The molecule has 9 rings (SSSR count). The van der Waals surface area contributed by atoms with E-state index in [1.807, 2.05) is 6.20 Å². The van der Waals surface area contributed by atoms with Gasteiger partial charge in [-0.25, -0.2) is 4.98 Å². The molecule has 0 spiro atoms. The molecular weight excluding hydrogens is 817 g/mol. The van der Waals surface area contributed by atoms with Gasteiger partial charge in [0.05, 0.1) is 17.4 Å². The third-order valence-corrected chi connectivity index (χ3v) is 14.1. The third kappa shape index (κ3) is 8.82. The number of fused-ring (bicyclic) bond motifs is 2. The summed E-state index contributed by atoms with van der Waals surface area (Å²) < 4.78 is 7.12. The zero-order chi connectivity index (χ0) is 47.4. The molecule has 0 N–H and O–H groups in total. The topological polar surface area (TPSA) is 41.0 Å². The predicted octanol–water partition coefficient (Wildman–Crippen LogP) is 16.4. The Balaban J connectivity index is 1.18. The van der Waals surface area contributed by atoms with Crippen LogP contribution in [0.4, 0.5) is 22.9 Å². The molecule has 0 radical (unpaired) electrons. The molecule has 7 aromatic rings. The number of nitrogens with zero attached hydrogens (tertiary/aromatic N) is 4. The molecule has 1 aromatic heterocycles. The van der Waals surface area contributed by atoms with Crippen LogP contribution < -0.4 is 14.5 Å². The van der Waals surface area contributed by atoms with E-state index in [9.17, 15) is 0 Å². The van der Waals surface area contributed by atoms with Gasteiger partial charge in [-0.05, 0) is 117 Å². The number of ether oxygens (including phenoxy) is 1. The number of anilines is 4. The van der Waals surface area contributed by atoms with E-state index >= 15 is 0 Å². The number of aromatic nitrogens is 1. The minimum atomic E-state index is -0.239. The van der Waals surface area contributed by atoms with Crippen LogP contribution in [0.3, 0.4) is 0 Å². The predicted molar refractivity (Wildman–Crippen MR) is 282 cm³/mol. The second-order valence-corrected chi connectivity index (χ2v) is 21.4. The maximum atomic E-state index is 7.12. The Labute approximate surface area is 400 Å².